The fourth-order valence-electron chi connectivity index (χ4n) is 2.59. The van der Waals surface area contributed by atoms with Crippen LogP contribution in [0.2, 0.25) is 0 Å². The van der Waals surface area contributed by atoms with Gasteiger partial charge in [-0.3, -0.25) is 0 Å². The van der Waals surface area contributed by atoms with E-state index in [-0.39, 0.29) is 11.9 Å². The second-order valence-electron chi connectivity index (χ2n) is 6.02. The van der Waals surface area contributed by atoms with Gasteiger partial charge in [0.15, 0.2) is 0 Å². The summed E-state index contributed by atoms with van der Waals surface area (Å²) in [6.45, 7) is 10.3. The molecule has 1 aromatic carbocycles. The van der Waals surface area contributed by atoms with Gasteiger partial charge in [-0.25, -0.2) is 4.39 Å². The molecule has 2 nitrogen and oxygen atoms in total. The maximum absolute atomic E-state index is 13.6. The van der Waals surface area contributed by atoms with Crippen molar-refractivity contribution in [1.82, 2.24) is 5.32 Å². The first-order chi connectivity index (χ1) is 9.36. The SMILES string of the molecule is CC(C)C(CNC(CN)c1ccc(Br)c(F)c1)C(C)C. The molecule has 0 aromatic heterocycles. The largest absolute Gasteiger partial charge is 0.329 e. The molecule has 0 radical (unpaired) electrons. The summed E-state index contributed by atoms with van der Waals surface area (Å²) in [6, 6.07) is 5.20. The van der Waals surface area contributed by atoms with Crippen molar-refractivity contribution in [3.8, 4) is 0 Å². The van der Waals surface area contributed by atoms with Crippen LogP contribution >= 0.6 is 15.9 Å². The molecular formula is C16H26BrFN2. The lowest BCUT2D eigenvalue weighted by Gasteiger charge is -2.28. The van der Waals surface area contributed by atoms with E-state index in [1.54, 1.807) is 12.1 Å². The summed E-state index contributed by atoms with van der Waals surface area (Å²) < 4.78 is 14.1. The van der Waals surface area contributed by atoms with Gasteiger partial charge in [0, 0.05) is 12.6 Å². The molecule has 0 saturated heterocycles. The van der Waals surface area contributed by atoms with E-state index in [1.165, 1.54) is 0 Å². The Labute approximate surface area is 130 Å². The monoisotopic (exact) mass is 344 g/mol. The van der Waals surface area contributed by atoms with Gasteiger partial charge in [0.25, 0.3) is 0 Å². The molecule has 0 aliphatic rings. The van der Waals surface area contributed by atoms with E-state index in [1.807, 2.05) is 6.07 Å². The van der Waals surface area contributed by atoms with Crippen LogP contribution in [0.4, 0.5) is 4.39 Å². The second kappa shape index (κ2) is 8.11. The highest BCUT2D eigenvalue weighted by Crippen LogP contribution is 2.23. The van der Waals surface area contributed by atoms with E-state index >= 15 is 0 Å². The molecule has 1 atom stereocenters. The van der Waals surface area contributed by atoms with Crippen molar-refractivity contribution in [2.75, 3.05) is 13.1 Å². The molecule has 0 spiro atoms. The fraction of sp³-hybridized carbons (Fsp3) is 0.625. The normalized spacial score (nSPS) is 13.5. The van der Waals surface area contributed by atoms with E-state index in [2.05, 4.69) is 48.9 Å². The van der Waals surface area contributed by atoms with Crippen LogP contribution in [0, 0.1) is 23.6 Å². The fourth-order valence-corrected chi connectivity index (χ4v) is 2.83. The number of rotatable bonds is 7. The maximum Gasteiger partial charge on any atom is 0.137 e. The predicted octanol–water partition coefficient (Wildman–Crippen LogP) is 4.11. The van der Waals surface area contributed by atoms with E-state index in [9.17, 15) is 4.39 Å². The van der Waals surface area contributed by atoms with Crippen molar-refractivity contribution in [2.45, 2.75) is 33.7 Å². The van der Waals surface area contributed by atoms with E-state index in [4.69, 9.17) is 5.73 Å². The molecule has 0 saturated carbocycles. The summed E-state index contributed by atoms with van der Waals surface area (Å²) in [6.07, 6.45) is 0. The van der Waals surface area contributed by atoms with E-state index in [0.717, 1.165) is 12.1 Å². The van der Waals surface area contributed by atoms with Gasteiger partial charge in [0.05, 0.1) is 4.47 Å². The summed E-state index contributed by atoms with van der Waals surface area (Å²) in [5.74, 6) is 1.57. The topological polar surface area (TPSA) is 38.0 Å². The Balaban J connectivity index is 2.74. The molecule has 0 bridgehead atoms. The predicted molar refractivity (Wildman–Crippen MR) is 87.1 cm³/mol. The van der Waals surface area contributed by atoms with Gasteiger partial charge in [0.1, 0.15) is 5.82 Å². The van der Waals surface area contributed by atoms with Gasteiger partial charge >= 0.3 is 0 Å². The standard InChI is InChI=1S/C16H26BrFN2/c1-10(2)13(11(3)4)9-20-16(8-19)12-5-6-14(17)15(18)7-12/h5-7,10-11,13,16,20H,8-9,19H2,1-4H3. The summed E-state index contributed by atoms with van der Waals surface area (Å²) >= 11 is 3.17. The minimum absolute atomic E-state index is 0.00222. The first-order valence-corrected chi connectivity index (χ1v) is 8.04. The first-order valence-electron chi connectivity index (χ1n) is 7.25. The van der Waals surface area contributed by atoms with Crippen LogP contribution in [0.25, 0.3) is 0 Å². The molecule has 0 heterocycles. The molecule has 1 unspecified atom stereocenters. The van der Waals surface area contributed by atoms with Crippen LogP contribution < -0.4 is 11.1 Å². The lowest BCUT2D eigenvalue weighted by Crippen LogP contribution is -2.35. The third kappa shape index (κ3) is 4.83. The average molecular weight is 345 g/mol. The molecule has 0 aliphatic carbocycles. The van der Waals surface area contributed by atoms with Crippen LogP contribution in [0.5, 0.6) is 0 Å². The second-order valence-corrected chi connectivity index (χ2v) is 6.88. The number of nitrogens with one attached hydrogen (secondary N) is 1. The third-order valence-corrected chi connectivity index (χ3v) is 4.54. The van der Waals surface area contributed by atoms with Crippen molar-refractivity contribution >= 4 is 15.9 Å². The Morgan fingerprint density at radius 2 is 1.80 bits per heavy atom. The maximum atomic E-state index is 13.6. The number of halogens is 2. The number of hydrogen-bond acceptors (Lipinski definition) is 2. The lowest BCUT2D eigenvalue weighted by atomic mass is 9.85. The zero-order valence-electron chi connectivity index (χ0n) is 12.8. The van der Waals surface area contributed by atoms with Crippen molar-refractivity contribution in [3.63, 3.8) is 0 Å². The van der Waals surface area contributed by atoms with Crippen molar-refractivity contribution in [1.29, 1.82) is 0 Å². The van der Waals surface area contributed by atoms with Gasteiger partial charge < -0.3 is 11.1 Å². The summed E-state index contributed by atoms with van der Waals surface area (Å²) in [5, 5.41) is 3.49. The van der Waals surface area contributed by atoms with Gasteiger partial charge in [-0.05, 0) is 57.9 Å². The summed E-state index contributed by atoms with van der Waals surface area (Å²) in [7, 11) is 0. The Kier molecular flexibility index (Phi) is 7.13. The zero-order valence-corrected chi connectivity index (χ0v) is 14.4. The van der Waals surface area contributed by atoms with E-state index in [0.29, 0.717) is 28.8 Å². The molecule has 0 aliphatic heterocycles. The van der Waals surface area contributed by atoms with Gasteiger partial charge in [-0.2, -0.15) is 0 Å². The smallest absolute Gasteiger partial charge is 0.137 e. The molecule has 3 N–H and O–H groups in total. The summed E-state index contributed by atoms with van der Waals surface area (Å²) in [5.41, 5.74) is 6.74. The van der Waals surface area contributed by atoms with Gasteiger partial charge in [-0.15, -0.1) is 0 Å². The highest BCUT2D eigenvalue weighted by atomic mass is 79.9. The Hall–Kier alpha value is -0.450. The summed E-state index contributed by atoms with van der Waals surface area (Å²) in [4.78, 5) is 0. The zero-order chi connectivity index (χ0) is 15.3. The van der Waals surface area contributed by atoms with Crippen LogP contribution in [0.3, 0.4) is 0 Å². The quantitative estimate of drug-likeness (QED) is 0.781. The minimum Gasteiger partial charge on any atom is -0.329 e. The highest BCUT2D eigenvalue weighted by molar-refractivity contribution is 9.10. The van der Waals surface area contributed by atoms with Crippen molar-refractivity contribution in [3.05, 3.63) is 34.1 Å². The molecule has 1 rings (SSSR count). The molecule has 0 fully saturated rings. The minimum atomic E-state index is -0.244. The number of nitrogens with two attached hydrogens (primary N) is 1. The Morgan fingerprint density at radius 3 is 2.25 bits per heavy atom. The average Bonchev–Trinajstić information content (AvgIpc) is 2.37. The first kappa shape index (κ1) is 17.6. The number of hydrogen-bond donors (Lipinski definition) is 2. The molecule has 0 amide bonds. The molecule has 114 valence electrons. The van der Waals surface area contributed by atoms with Crippen LogP contribution in [-0.4, -0.2) is 13.1 Å². The Morgan fingerprint density at radius 1 is 1.20 bits per heavy atom. The van der Waals surface area contributed by atoms with Crippen molar-refractivity contribution < 1.29 is 4.39 Å². The molecule has 1 aromatic rings. The highest BCUT2D eigenvalue weighted by Gasteiger charge is 2.19. The van der Waals surface area contributed by atoms with Crippen LogP contribution in [-0.2, 0) is 0 Å². The van der Waals surface area contributed by atoms with E-state index < -0.39 is 0 Å². The van der Waals surface area contributed by atoms with Crippen LogP contribution in [0.1, 0.15) is 39.3 Å². The number of benzene rings is 1. The Bertz CT molecular complexity index is 413. The van der Waals surface area contributed by atoms with Crippen molar-refractivity contribution in [2.24, 2.45) is 23.5 Å². The van der Waals surface area contributed by atoms with Gasteiger partial charge in [-0.1, -0.05) is 33.8 Å². The molecular weight excluding hydrogens is 319 g/mol. The lowest BCUT2D eigenvalue weighted by molar-refractivity contribution is 0.266. The molecule has 4 heteroatoms. The van der Waals surface area contributed by atoms with Crippen LogP contribution in [0.15, 0.2) is 22.7 Å². The van der Waals surface area contributed by atoms with Gasteiger partial charge in [0.2, 0.25) is 0 Å². The third-order valence-electron chi connectivity index (χ3n) is 3.89. The molecule has 20 heavy (non-hydrogen) atoms.